The van der Waals surface area contributed by atoms with Crippen LogP contribution in [0.4, 0.5) is 17.8 Å². The highest BCUT2D eigenvalue weighted by atomic mass is 16.3. The van der Waals surface area contributed by atoms with Crippen LogP contribution in [0.3, 0.4) is 0 Å². The molecule has 1 aliphatic carbocycles. The molecular formula is C14H24N6O. The first-order chi connectivity index (χ1) is 10.3. The topological polar surface area (TPSA) is 91.4 Å². The first-order valence-electron chi connectivity index (χ1n) is 7.92. The summed E-state index contributed by atoms with van der Waals surface area (Å²) in [6.45, 7) is 2.60. The lowest BCUT2D eigenvalue weighted by Gasteiger charge is -2.37. The fourth-order valence-corrected chi connectivity index (χ4v) is 2.99. The van der Waals surface area contributed by atoms with Crippen LogP contribution in [0.5, 0.6) is 0 Å². The van der Waals surface area contributed by atoms with E-state index >= 15 is 0 Å². The van der Waals surface area contributed by atoms with Gasteiger partial charge in [0.15, 0.2) is 0 Å². The summed E-state index contributed by atoms with van der Waals surface area (Å²) in [6.07, 6.45) is 7.10. The molecule has 0 amide bonds. The minimum absolute atomic E-state index is 0.0983. The van der Waals surface area contributed by atoms with Crippen LogP contribution < -0.4 is 15.5 Å². The lowest BCUT2D eigenvalue weighted by Crippen LogP contribution is -2.43. The Morgan fingerprint density at radius 1 is 1.10 bits per heavy atom. The third kappa shape index (κ3) is 3.18. The minimum Gasteiger partial charge on any atom is -0.395 e. The maximum absolute atomic E-state index is 9.30. The molecule has 0 bridgehead atoms. The van der Waals surface area contributed by atoms with Gasteiger partial charge in [-0.15, -0.1) is 0 Å². The molecule has 0 atom stereocenters. The van der Waals surface area contributed by atoms with Gasteiger partial charge in [-0.1, -0.05) is 0 Å². The Bertz CT molecular complexity index is 473. The molecule has 0 spiro atoms. The number of hydrogen-bond donors (Lipinski definition) is 2. The van der Waals surface area contributed by atoms with Gasteiger partial charge in [-0.25, -0.2) is 0 Å². The van der Waals surface area contributed by atoms with Crippen molar-refractivity contribution in [2.75, 3.05) is 41.8 Å². The van der Waals surface area contributed by atoms with Crippen LogP contribution in [0.2, 0.25) is 0 Å². The van der Waals surface area contributed by atoms with Crippen LogP contribution >= 0.6 is 0 Å². The summed E-state index contributed by atoms with van der Waals surface area (Å²) in [7, 11) is 0. The van der Waals surface area contributed by atoms with Crippen molar-refractivity contribution in [3.8, 4) is 0 Å². The summed E-state index contributed by atoms with van der Waals surface area (Å²) in [5.41, 5.74) is 5.88. The van der Waals surface area contributed by atoms with Crippen LogP contribution in [0, 0.1) is 0 Å². The molecule has 21 heavy (non-hydrogen) atoms. The highest BCUT2D eigenvalue weighted by Gasteiger charge is 2.28. The van der Waals surface area contributed by atoms with Crippen LogP contribution in [-0.2, 0) is 0 Å². The van der Waals surface area contributed by atoms with Gasteiger partial charge in [0.05, 0.1) is 6.61 Å². The molecule has 1 saturated carbocycles. The van der Waals surface area contributed by atoms with Gasteiger partial charge in [0.1, 0.15) is 0 Å². The molecule has 2 aliphatic rings. The first-order valence-corrected chi connectivity index (χ1v) is 7.92. The summed E-state index contributed by atoms with van der Waals surface area (Å²) in [5, 5.41) is 9.30. The van der Waals surface area contributed by atoms with Crippen molar-refractivity contribution in [2.24, 2.45) is 0 Å². The van der Waals surface area contributed by atoms with Gasteiger partial charge in [0.25, 0.3) is 0 Å². The van der Waals surface area contributed by atoms with Crippen molar-refractivity contribution >= 4 is 17.8 Å². The molecule has 0 aromatic carbocycles. The third-order valence-corrected chi connectivity index (χ3v) is 4.38. The Kier molecular flexibility index (Phi) is 4.38. The molecular weight excluding hydrogens is 268 g/mol. The fraction of sp³-hybridized carbons (Fsp3) is 0.786. The molecule has 116 valence electrons. The molecule has 1 saturated heterocycles. The van der Waals surface area contributed by atoms with E-state index in [4.69, 9.17) is 5.73 Å². The molecule has 7 nitrogen and oxygen atoms in total. The maximum atomic E-state index is 9.30. The van der Waals surface area contributed by atoms with Crippen molar-refractivity contribution in [1.82, 2.24) is 15.0 Å². The quantitative estimate of drug-likeness (QED) is 0.829. The van der Waals surface area contributed by atoms with Crippen molar-refractivity contribution in [2.45, 2.75) is 44.6 Å². The normalized spacial score (nSPS) is 19.4. The van der Waals surface area contributed by atoms with E-state index < -0.39 is 0 Å². The second-order valence-electron chi connectivity index (χ2n) is 5.84. The zero-order valence-corrected chi connectivity index (χ0v) is 12.4. The van der Waals surface area contributed by atoms with Gasteiger partial charge in [-0.05, 0) is 38.5 Å². The molecule has 0 radical (unpaired) electrons. The summed E-state index contributed by atoms with van der Waals surface area (Å²) in [6, 6.07) is 0.424. The largest absolute Gasteiger partial charge is 0.395 e. The number of hydrogen-bond acceptors (Lipinski definition) is 7. The number of rotatable bonds is 5. The van der Waals surface area contributed by atoms with E-state index in [-0.39, 0.29) is 12.6 Å². The lowest BCUT2D eigenvalue weighted by atomic mass is 9.92. The highest BCUT2D eigenvalue weighted by molar-refractivity contribution is 5.44. The van der Waals surface area contributed by atoms with E-state index in [0.29, 0.717) is 24.5 Å². The second-order valence-corrected chi connectivity index (χ2v) is 5.84. The Morgan fingerprint density at radius 3 is 2.48 bits per heavy atom. The van der Waals surface area contributed by atoms with E-state index in [9.17, 15) is 5.11 Å². The Hall–Kier alpha value is -1.63. The third-order valence-electron chi connectivity index (χ3n) is 4.38. The summed E-state index contributed by atoms with van der Waals surface area (Å²) < 4.78 is 0. The monoisotopic (exact) mass is 292 g/mol. The SMILES string of the molecule is Nc1nc(N2CCCCC2)nc(N(CCO)C2CCC2)n1. The summed E-state index contributed by atoms with van der Waals surface area (Å²) in [4.78, 5) is 17.5. The number of nitrogens with zero attached hydrogens (tertiary/aromatic N) is 5. The lowest BCUT2D eigenvalue weighted by molar-refractivity contribution is 0.282. The predicted octanol–water partition coefficient (Wildman–Crippen LogP) is 0.795. The second kappa shape index (κ2) is 6.43. The predicted molar refractivity (Wildman–Crippen MR) is 82.4 cm³/mol. The maximum Gasteiger partial charge on any atom is 0.232 e. The molecule has 2 heterocycles. The molecule has 3 rings (SSSR count). The molecule has 1 aliphatic heterocycles. The number of nitrogen functional groups attached to an aromatic ring is 1. The molecule has 0 unspecified atom stereocenters. The van der Waals surface area contributed by atoms with Crippen LogP contribution in [0.15, 0.2) is 0 Å². The average molecular weight is 292 g/mol. The van der Waals surface area contributed by atoms with Gasteiger partial charge >= 0.3 is 0 Å². The van der Waals surface area contributed by atoms with Crippen molar-refractivity contribution < 1.29 is 5.11 Å². The standard InChI is InChI=1S/C14H24N6O/c15-12-16-13(19-7-2-1-3-8-19)18-14(17-12)20(9-10-21)11-5-4-6-11/h11,21H,1-10H2,(H2,15,16,17,18). The van der Waals surface area contributed by atoms with E-state index in [1.165, 1.54) is 25.7 Å². The number of nitrogens with two attached hydrogens (primary N) is 1. The number of aliphatic hydroxyl groups is 1. The Labute approximate surface area is 125 Å². The van der Waals surface area contributed by atoms with Gasteiger partial charge in [-0.2, -0.15) is 15.0 Å². The minimum atomic E-state index is 0.0983. The Morgan fingerprint density at radius 2 is 1.86 bits per heavy atom. The van der Waals surface area contributed by atoms with E-state index in [1.807, 2.05) is 0 Å². The van der Waals surface area contributed by atoms with Gasteiger partial charge < -0.3 is 20.6 Å². The van der Waals surface area contributed by atoms with Crippen molar-refractivity contribution in [1.29, 1.82) is 0 Å². The van der Waals surface area contributed by atoms with Crippen LogP contribution in [-0.4, -0.2) is 52.3 Å². The molecule has 1 aromatic rings. The number of aliphatic hydroxyl groups excluding tert-OH is 1. The average Bonchev–Trinajstić information content (AvgIpc) is 2.45. The zero-order valence-electron chi connectivity index (χ0n) is 12.4. The van der Waals surface area contributed by atoms with E-state index in [2.05, 4.69) is 24.8 Å². The molecule has 3 N–H and O–H groups in total. The highest BCUT2D eigenvalue weighted by Crippen LogP contribution is 2.28. The van der Waals surface area contributed by atoms with Gasteiger partial charge in [0.2, 0.25) is 17.8 Å². The smallest absolute Gasteiger partial charge is 0.232 e. The number of piperidine rings is 1. The van der Waals surface area contributed by atoms with E-state index in [1.54, 1.807) is 0 Å². The van der Waals surface area contributed by atoms with Crippen molar-refractivity contribution in [3.05, 3.63) is 0 Å². The Balaban J connectivity index is 1.84. The molecule has 1 aromatic heterocycles. The summed E-state index contributed by atoms with van der Waals surface area (Å²) >= 11 is 0. The molecule has 7 heteroatoms. The van der Waals surface area contributed by atoms with Crippen LogP contribution in [0.25, 0.3) is 0 Å². The zero-order chi connectivity index (χ0) is 14.7. The fourth-order valence-electron chi connectivity index (χ4n) is 2.99. The summed E-state index contributed by atoms with van der Waals surface area (Å²) in [5.74, 6) is 1.56. The van der Waals surface area contributed by atoms with Crippen LogP contribution in [0.1, 0.15) is 38.5 Å². The van der Waals surface area contributed by atoms with Gasteiger partial charge in [-0.3, -0.25) is 0 Å². The number of anilines is 3. The number of aromatic nitrogens is 3. The van der Waals surface area contributed by atoms with E-state index in [0.717, 1.165) is 25.9 Å². The van der Waals surface area contributed by atoms with Crippen molar-refractivity contribution in [3.63, 3.8) is 0 Å². The molecule has 2 fully saturated rings. The van der Waals surface area contributed by atoms with Gasteiger partial charge in [0, 0.05) is 25.7 Å². The first kappa shape index (κ1) is 14.3.